The molecule has 1 aromatic rings. The summed E-state index contributed by atoms with van der Waals surface area (Å²) in [4.78, 5) is 14.5. The molecular formula is C14H18N2O. The lowest BCUT2D eigenvalue weighted by molar-refractivity contribution is -0.123. The van der Waals surface area contributed by atoms with E-state index in [-0.39, 0.29) is 11.4 Å². The molecule has 0 radical (unpaired) electrons. The van der Waals surface area contributed by atoms with Gasteiger partial charge < -0.3 is 10.2 Å². The van der Waals surface area contributed by atoms with Crippen LogP contribution >= 0.6 is 0 Å². The van der Waals surface area contributed by atoms with Crippen molar-refractivity contribution in [2.75, 3.05) is 18.0 Å². The highest BCUT2D eigenvalue weighted by Crippen LogP contribution is 2.31. The Labute approximate surface area is 102 Å². The lowest BCUT2D eigenvalue weighted by atomic mass is 9.98. The molecule has 2 aliphatic rings. The Hall–Kier alpha value is -1.35. The Morgan fingerprint density at radius 1 is 1.41 bits per heavy atom. The maximum Gasteiger partial charge on any atom is 0.247 e. The molecule has 1 N–H and O–H groups in total. The van der Waals surface area contributed by atoms with Gasteiger partial charge in [0.05, 0.1) is 5.54 Å². The van der Waals surface area contributed by atoms with Crippen molar-refractivity contribution >= 4 is 11.6 Å². The van der Waals surface area contributed by atoms with Crippen molar-refractivity contribution in [2.24, 2.45) is 0 Å². The molecule has 1 amide bonds. The van der Waals surface area contributed by atoms with Gasteiger partial charge in [-0.25, -0.2) is 0 Å². The van der Waals surface area contributed by atoms with Crippen molar-refractivity contribution in [3.8, 4) is 0 Å². The molecule has 1 atom stereocenters. The van der Waals surface area contributed by atoms with Crippen molar-refractivity contribution in [1.82, 2.24) is 5.32 Å². The van der Waals surface area contributed by atoms with Crippen LogP contribution in [-0.2, 0) is 11.2 Å². The Balaban J connectivity index is 1.89. The predicted octanol–water partition coefficient (Wildman–Crippen LogP) is 1.72. The van der Waals surface area contributed by atoms with Gasteiger partial charge in [0.25, 0.3) is 0 Å². The summed E-state index contributed by atoms with van der Waals surface area (Å²) in [7, 11) is 0. The minimum absolute atomic E-state index is 0.236. The first-order chi connectivity index (χ1) is 8.21. The average Bonchev–Trinajstić information content (AvgIpc) is 2.95. The lowest BCUT2D eigenvalue weighted by Gasteiger charge is -2.29. The molecule has 0 bridgehead atoms. The summed E-state index contributed by atoms with van der Waals surface area (Å²) >= 11 is 0. The van der Waals surface area contributed by atoms with Gasteiger partial charge in [0, 0.05) is 12.2 Å². The molecule has 1 aromatic carbocycles. The first-order valence-electron chi connectivity index (χ1n) is 6.36. The number of carbonyl (C=O) groups is 1. The quantitative estimate of drug-likeness (QED) is 0.796. The fourth-order valence-electron chi connectivity index (χ4n) is 2.92. The highest BCUT2D eigenvalue weighted by Gasteiger charge is 2.40. The fourth-order valence-corrected chi connectivity index (χ4v) is 2.92. The standard InChI is InChI=1S/C14H18N2O/c1-14(8-4-9-15-14)13(17)16-10-7-11-5-2-3-6-12(11)16/h2-3,5-6,15H,4,7-10H2,1H3. The van der Waals surface area contributed by atoms with Gasteiger partial charge in [-0.1, -0.05) is 18.2 Å². The second-order valence-corrected chi connectivity index (χ2v) is 5.20. The minimum Gasteiger partial charge on any atom is -0.310 e. The van der Waals surface area contributed by atoms with E-state index >= 15 is 0 Å². The van der Waals surface area contributed by atoms with Crippen molar-refractivity contribution < 1.29 is 4.79 Å². The summed E-state index contributed by atoms with van der Waals surface area (Å²) in [6.45, 7) is 3.82. The lowest BCUT2D eigenvalue weighted by Crippen LogP contribution is -2.52. The summed E-state index contributed by atoms with van der Waals surface area (Å²) in [5, 5.41) is 3.35. The molecule has 2 heterocycles. The third-order valence-electron chi connectivity index (χ3n) is 3.97. The first kappa shape index (κ1) is 10.8. The number of carbonyl (C=O) groups excluding carboxylic acids is 1. The third-order valence-corrected chi connectivity index (χ3v) is 3.97. The molecule has 0 aliphatic carbocycles. The van der Waals surface area contributed by atoms with E-state index in [1.807, 2.05) is 24.0 Å². The average molecular weight is 230 g/mol. The number of hydrogen-bond donors (Lipinski definition) is 1. The molecule has 3 nitrogen and oxygen atoms in total. The van der Waals surface area contributed by atoms with Crippen LogP contribution in [0.1, 0.15) is 25.3 Å². The van der Waals surface area contributed by atoms with Gasteiger partial charge in [-0.3, -0.25) is 4.79 Å². The van der Waals surface area contributed by atoms with Gasteiger partial charge in [-0.2, -0.15) is 0 Å². The van der Waals surface area contributed by atoms with E-state index in [0.29, 0.717) is 0 Å². The molecule has 1 fully saturated rings. The molecule has 0 saturated carbocycles. The van der Waals surface area contributed by atoms with E-state index in [4.69, 9.17) is 0 Å². The van der Waals surface area contributed by atoms with Crippen LogP contribution < -0.4 is 10.2 Å². The minimum atomic E-state index is -0.350. The van der Waals surface area contributed by atoms with Gasteiger partial charge in [0.2, 0.25) is 5.91 Å². The monoisotopic (exact) mass is 230 g/mol. The number of rotatable bonds is 1. The Kier molecular flexibility index (Phi) is 2.44. The number of nitrogens with one attached hydrogen (secondary N) is 1. The number of fused-ring (bicyclic) bond motifs is 1. The normalized spacial score (nSPS) is 27.2. The van der Waals surface area contributed by atoms with E-state index < -0.39 is 0 Å². The van der Waals surface area contributed by atoms with E-state index in [2.05, 4.69) is 17.4 Å². The molecule has 1 unspecified atom stereocenters. The highest BCUT2D eigenvalue weighted by molar-refractivity contribution is 6.01. The van der Waals surface area contributed by atoms with E-state index in [0.717, 1.165) is 38.0 Å². The summed E-state index contributed by atoms with van der Waals surface area (Å²) in [6.07, 6.45) is 3.03. The van der Waals surface area contributed by atoms with Crippen molar-refractivity contribution in [3.63, 3.8) is 0 Å². The maximum atomic E-state index is 12.6. The molecule has 0 spiro atoms. The van der Waals surface area contributed by atoms with Crippen molar-refractivity contribution in [3.05, 3.63) is 29.8 Å². The number of para-hydroxylation sites is 1. The van der Waals surface area contributed by atoms with Gasteiger partial charge in [0.1, 0.15) is 0 Å². The largest absolute Gasteiger partial charge is 0.310 e. The summed E-state index contributed by atoms with van der Waals surface area (Å²) in [6, 6.07) is 8.22. The van der Waals surface area contributed by atoms with Gasteiger partial charge >= 0.3 is 0 Å². The summed E-state index contributed by atoms with van der Waals surface area (Å²) in [5.74, 6) is 0.236. The summed E-state index contributed by atoms with van der Waals surface area (Å²) in [5.41, 5.74) is 2.05. The fraction of sp³-hybridized carbons (Fsp3) is 0.500. The van der Waals surface area contributed by atoms with Crippen LogP contribution in [0.3, 0.4) is 0 Å². The smallest absolute Gasteiger partial charge is 0.247 e. The number of benzene rings is 1. The zero-order valence-electron chi connectivity index (χ0n) is 10.2. The van der Waals surface area contributed by atoms with Crippen molar-refractivity contribution in [1.29, 1.82) is 0 Å². The van der Waals surface area contributed by atoms with Crippen LogP contribution in [0.15, 0.2) is 24.3 Å². The zero-order valence-corrected chi connectivity index (χ0v) is 10.2. The predicted molar refractivity (Wildman–Crippen MR) is 68.1 cm³/mol. The Bertz CT molecular complexity index is 449. The van der Waals surface area contributed by atoms with Crippen LogP contribution in [0.4, 0.5) is 5.69 Å². The highest BCUT2D eigenvalue weighted by atomic mass is 16.2. The molecule has 3 rings (SSSR count). The zero-order chi connectivity index (χ0) is 11.9. The first-order valence-corrected chi connectivity index (χ1v) is 6.36. The van der Waals surface area contributed by atoms with Crippen LogP contribution in [0.5, 0.6) is 0 Å². The second kappa shape index (κ2) is 3.84. The molecule has 90 valence electrons. The SMILES string of the molecule is CC1(C(=O)N2CCc3ccccc32)CCCN1. The molecule has 1 saturated heterocycles. The molecule has 2 aliphatic heterocycles. The number of amides is 1. The molecular weight excluding hydrogens is 212 g/mol. The van der Waals surface area contributed by atoms with Gasteiger partial charge in [0.15, 0.2) is 0 Å². The van der Waals surface area contributed by atoms with E-state index in [9.17, 15) is 4.79 Å². The van der Waals surface area contributed by atoms with Crippen LogP contribution in [0.25, 0.3) is 0 Å². The number of nitrogens with zero attached hydrogens (tertiary/aromatic N) is 1. The van der Waals surface area contributed by atoms with Crippen LogP contribution in [0, 0.1) is 0 Å². The topological polar surface area (TPSA) is 32.3 Å². The Morgan fingerprint density at radius 3 is 3.00 bits per heavy atom. The molecule has 17 heavy (non-hydrogen) atoms. The summed E-state index contributed by atoms with van der Waals surface area (Å²) < 4.78 is 0. The van der Waals surface area contributed by atoms with Crippen LogP contribution in [0.2, 0.25) is 0 Å². The second-order valence-electron chi connectivity index (χ2n) is 5.20. The van der Waals surface area contributed by atoms with Crippen molar-refractivity contribution in [2.45, 2.75) is 31.7 Å². The number of hydrogen-bond acceptors (Lipinski definition) is 2. The van der Waals surface area contributed by atoms with Gasteiger partial charge in [-0.05, 0) is 44.4 Å². The third kappa shape index (κ3) is 1.65. The Morgan fingerprint density at radius 2 is 2.24 bits per heavy atom. The van der Waals surface area contributed by atoms with Gasteiger partial charge in [-0.15, -0.1) is 0 Å². The molecule has 0 aromatic heterocycles. The number of anilines is 1. The van der Waals surface area contributed by atoms with E-state index in [1.165, 1.54) is 5.56 Å². The van der Waals surface area contributed by atoms with E-state index in [1.54, 1.807) is 0 Å². The molecule has 3 heteroatoms. The maximum absolute atomic E-state index is 12.6. The van der Waals surface area contributed by atoms with Crippen LogP contribution in [-0.4, -0.2) is 24.5 Å².